The minimum Gasteiger partial charge on any atom is -0.325 e. The van der Waals surface area contributed by atoms with Crippen LogP contribution in [0.5, 0.6) is 0 Å². The highest BCUT2D eigenvalue weighted by Crippen LogP contribution is 2.39. The molecule has 0 fully saturated rings. The van der Waals surface area contributed by atoms with Gasteiger partial charge in [0.2, 0.25) is 5.91 Å². The number of hydrogen-bond donors (Lipinski definition) is 1. The maximum atomic E-state index is 12.9. The number of hydrogen-bond acceptors (Lipinski definition) is 5. The molecule has 2 aromatic carbocycles. The molecule has 1 N–H and O–H groups in total. The molecule has 0 saturated carbocycles. The van der Waals surface area contributed by atoms with Gasteiger partial charge in [0, 0.05) is 33.6 Å². The first-order chi connectivity index (χ1) is 17.2. The van der Waals surface area contributed by atoms with Crippen molar-refractivity contribution in [2.75, 3.05) is 11.1 Å². The van der Waals surface area contributed by atoms with E-state index in [1.807, 2.05) is 16.9 Å². The second kappa shape index (κ2) is 10.7. The lowest BCUT2D eigenvalue weighted by atomic mass is 10.0. The number of thiophene rings is 1. The largest absolute Gasteiger partial charge is 0.416 e. The van der Waals surface area contributed by atoms with Crippen molar-refractivity contribution in [2.45, 2.75) is 31.7 Å². The number of thioether (sulfide) groups is 1. The molecule has 4 rings (SSSR count). The Kier molecular flexibility index (Phi) is 7.65. The van der Waals surface area contributed by atoms with Crippen LogP contribution in [0.3, 0.4) is 0 Å². The Bertz CT molecular complexity index is 1390. The number of aryl methyl sites for hydroxylation is 2. The number of nitrogens with one attached hydrogen (secondary N) is 1. The van der Waals surface area contributed by atoms with Crippen molar-refractivity contribution in [1.29, 1.82) is 0 Å². The van der Waals surface area contributed by atoms with Crippen molar-refractivity contribution in [3.63, 3.8) is 0 Å². The van der Waals surface area contributed by atoms with E-state index in [0.29, 0.717) is 17.5 Å². The molecule has 1 amide bonds. The van der Waals surface area contributed by atoms with E-state index in [0.717, 1.165) is 45.5 Å². The monoisotopic (exact) mass is 528 g/mol. The Hall–Kier alpha value is -3.37. The molecule has 0 aliphatic carbocycles. The van der Waals surface area contributed by atoms with Crippen molar-refractivity contribution in [1.82, 2.24) is 14.8 Å². The topological polar surface area (TPSA) is 59.8 Å². The lowest BCUT2D eigenvalue weighted by Crippen LogP contribution is -2.15. The second-order valence-corrected chi connectivity index (χ2v) is 10.1. The molecule has 0 bridgehead atoms. The summed E-state index contributed by atoms with van der Waals surface area (Å²) in [6.07, 6.45) is -2.76. The first kappa shape index (κ1) is 25.7. The van der Waals surface area contributed by atoms with E-state index >= 15 is 0 Å². The Balaban J connectivity index is 1.55. The van der Waals surface area contributed by atoms with E-state index in [1.165, 1.54) is 17.7 Å². The first-order valence-electron chi connectivity index (χ1n) is 11.0. The maximum absolute atomic E-state index is 12.9. The van der Waals surface area contributed by atoms with Crippen LogP contribution in [0.25, 0.3) is 22.5 Å². The van der Waals surface area contributed by atoms with Gasteiger partial charge in [-0.1, -0.05) is 53.7 Å². The van der Waals surface area contributed by atoms with Gasteiger partial charge in [-0.25, -0.2) is 0 Å². The molecule has 0 unspecified atom stereocenters. The summed E-state index contributed by atoms with van der Waals surface area (Å²) in [5.74, 6) is 0.176. The lowest BCUT2D eigenvalue weighted by Gasteiger charge is -2.11. The molecular weight excluding hydrogens is 505 g/mol. The molecule has 5 nitrogen and oxygen atoms in total. The minimum absolute atomic E-state index is 0.0427. The second-order valence-electron chi connectivity index (χ2n) is 8.07. The molecule has 0 radical (unpaired) electrons. The number of nitrogens with zero attached hydrogens (tertiary/aromatic N) is 3. The number of carbonyl (C=O) groups excluding carboxylic acids is 1. The number of amides is 1. The summed E-state index contributed by atoms with van der Waals surface area (Å²) >= 11 is 2.79. The molecule has 0 saturated heterocycles. The first-order valence-corrected chi connectivity index (χ1v) is 12.8. The summed E-state index contributed by atoms with van der Waals surface area (Å²) in [5.41, 5.74) is 3.54. The van der Waals surface area contributed by atoms with Crippen LogP contribution in [0.15, 0.2) is 71.7 Å². The number of benzene rings is 2. The van der Waals surface area contributed by atoms with Crippen molar-refractivity contribution >= 4 is 34.7 Å². The van der Waals surface area contributed by atoms with E-state index in [9.17, 15) is 18.0 Å². The van der Waals surface area contributed by atoms with Gasteiger partial charge in [0.1, 0.15) is 0 Å². The molecule has 10 heteroatoms. The number of allylic oxidation sites excluding steroid dienone is 1. The Labute approximate surface area is 215 Å². The van der Waals surface area contributed by atoms with Gasteiger partial charge >= 0.3 is 6.18 Å². The predicted octanol–water partition coefficient (Wildman–Crippen LogP) is 7.23. The van der Waals surface area contributed by atoms with Crippen molar-refractivity contribution in [2.24, 2.45) is 0 Å². The van der Waals surface area contributed by atoms with Gasteiger partial charge in [-0.3, -0.25) is 9.36 Å². The number of carbonyl (C=O) groups is 1. The number of alkyl halides is 3. The Morgan fingerprint density at radius 2 is 1.92 bits per heavy atom. The van der Waals surface area contributed by atoms with Crippen LogP contribution in [0, 0.1) is 13.8 Å². The highest BCUT2D eigenvalue weighted by Gasteiger charge is 2.30. The van der Waals surface area contributed by atoms with Gasteiger partial charge in [-0.05, 0) is 37.6 Å². The molecule has 4 aromatic rings. The van der Waals surface area contributed by atoms with Gasteiger partial charge < -0.3 is 5.32 Å². The van der Waals surface area contributed by atoms with E-state index in [1.54, 1.807) is 17.4 Å². The van der Waals surface area contributed by atoms with Gasteiger partial charge in [0.05, 0.1) is 11.3 Å². The van der Waals surface area contributed by atoms with Crippen LogP contribution in [0.4, 0.5) is 18.9 Å². The van der Waals surface area contributed by atoms with Crippen molar-refractivity contribution in [3.05, 3.63) is 82.6 Å². The Morgan fingerprint density at radius 3 is 2.61 bits per heavy atom. The van der Waals surface area contributed by atoms with Crippen molar-refractivity contribution in [3.8, 4) is 22.5 Å². The highest BCUT2D eigenvalue weighted by atomic mass is 32.2. The Morgan fingerprint density at radius 1 is 1.17 bits per heavy atom. The maximum Gasteiger partial charge on any atom is 0.416 e. The number of halogens is 3. The summed E-state index contributed by atoms with van der Waals surface area (Å²) in [6, 6.07) is 12.8. The van der Waals surface area contributed by atoms with E-state index < -0.39 is 17.6 Å². The minimum atomic E-state index is -4.48. The third kappa shape index (κ3) is 5.71. The van der Waals surface area contributed by atoms with Gasteiger partial charge in [0.25, 0.3) is 0 Å². The quantitative estimate of drug-likeness (QED) is 0.194. The van der Waals surface area contributed by atoms with E-state index in [4.69, 9.17) is 0 Å². The smallest absolute Gasteiger partial charge is 0.325 e. The fourth-order valence-electron chi connectivity index (χ4n) is 3.69. The van der Waals surface area contributed by atoms with Crippen LogP contribution in [0.2, 0.25) is 0 Å². The zero-order valence-corrected chi connectivity index (χ0v) is 21.2. The molecule has 2 heterocycles. The zero-order valence-electron chi connectivity index (χ0n) is 19.6. The average Bonchev–Trinajstić information content (AvgIpc) is 3.41. The van der Waals surface area contributed by atoms with Crippen molar-refractivity contribution < 1.29 is 18.0 Å². The van der Waals surface area contributed by atoms with E-state index in [2.05, 4.69) is 53.3 Å². The van der Waals surface area contributed by atoms with Crippen LogP contribution >= 0.6 is 23.1 Å². The van der Waals surface area contributed by atoms with Crippen LogP contribution < -0.4 is 5.32 Å². The molecular formula is C26H23F3N4OS2. The lowest BCUT2D eigenvalue weighted by molar-refractivity contribution is -0.137. The third-order valence-electron chi connectivity index (χ3n) is 5.39. The summed E-state index contributed by atoms with van der Waals surface area (Å²) < 4.78 is 40.7. The third-order valence-corrected chi connectivity index (χ3v) is 7.27. The SMILES string of the molecule is C=CCn1c(SCC(=O)Nc2cccc(C(F)(F)F)c2)nnc1-c1csc(C)c1-c1ccc(C)cc1. The van der Waals surface area contributed by atoms with Crippen LogP contribution in [-0.2, 0) is 17.5 Å². The van der Waals surface area contributed by atoms with Gasteiger partial charge in [-0.15, -0.1) is 28.1 Å². The number of rotatable bonds is 8. The summed E-state index contributed by atoms with van der Waals surface area (Å²) in [7, 11) is 0. The summed E-state index contributed by atoms with van der Waals surface area (Å²) in [4.78, 5) is 13.6. The van der Waals surface area contributed by atoms with Gasteiger partial charge in [0.15, 0.2) is 11.0 Å². The normalized spacial score (nSPS) is 11.5. The van der Waals surface area contributed by atoms with E-state index in [-0.39, 0.29) is 11.4 Å². The van der Waals surface area contributed by atoms with Gasteiger partial charge in [-0.2, -0.15) is 13.2 Å². The number of aromatic nitrogens is 3. The fraction of sp³-hybridized carbons (Fsp3) is 0.192. The summed E-state index contributed by atoms with van der Waals surface area (Å²) in [6.45, 7) is 8.37. The predicted molar refractivity (Wildman–Crippen MR) is 139 cm³/mol. The average molecular weight is 529 g/mol. The molecule has 0 spiro atoms. The molecule has 36 heavy (non-hydrogen) atoms. The van der Waals surface area contributed by atoms with Crippen LogP contribution in [-0.4, -0.2) is 26.4 Å². The summed E-state index contributed by atoms with van der Waals surface area (Å²) in [5, 5.41) is 13.8. The molecule has 0 aliphatic rings. The molecule has 0 atom stereocenters. The standard InChI is InChI=1S/C26H23F3N4OS2/c1-4-12-33-24(21-14-35-17(3)23(21)18-10-8-16(2)9-11-18)31-32-25(33)36-15-22(34)30-20-7-5-6-19(13-20)26(27,28)29/h4-11,13-14H,1,12,15H2,2-3H3,(H,30,34). The molecule has 0 aliphatic heterocycles. The fourth-order valence-corrected chi connectivity index (χ4v) is 5.30. The van der Waals surface area contributed by atoms with Crippen LogP contribution in [0.1, 0.15) is 16.0 Å². The number of anilines is 1. The highest BCUT2D eigenvalue weighted by molar-refractivity contribution is 7.99. The zero-order chi connectivity index (χ0) is 25.9. The molecule has 186 valence electrons. The molecule has 2 aromatic heterocycles.